The Balaban J connectivity index is 0. The molecule has 0 aliphatic carbocycles. The first kappa shape index (κ1) is 24.8. The minimum absolute atomic E-state index is 0. The molecule has 4 heteroatoms. The van der Waals surface area contributed by atoms with Crippen LogP contribution in [0.3, 0.4) is 0 Å². The topological polar surface area (TPSA) is 0 Å². The molecule has 0 atom stereocenters. The van der Waals surface area contributed by atoms with Crippen LogP contribution in [0.4, 0.5) is 0 Å². The van der Waals surface area contributed by atoms with Gasteiger partial charge in [0, 0.05) is 41.7 Å². The third-order valence-corrected chi connectivity index (χ3v) is 0. The summed E-state index contributed by atoms with van der Waals surface area (Å²) in [6.45, 7) is 0. The van der Waals surface area contributed by atoms with Gasteiger partial charge in [-0.25, -0.2) is 0 Å². The average molecular weight is 384 g/mol. The van der Waals surface area contributed by atoms with Gasteiger partial charge in [0.1, 0.15) is 0 Å². The third-order valence-electron chi connectivity index (χ3n) is 0. The van der Waals surface area contributed by atoms with Crippen molar-refractivity contribution in [1.29, 1.82) is 0 Å². The van der Waals surface area contributed by atoms with Gasteiger partial charge in [-0.3, -0.25) is 0 Å². The van der Waals surface area contributed by atoms with E-state index in [1.165, 1.54) is 0 Å². The summed E-state index contributed by atoms with van der Waals surface area (Å²) in [6.07, 6.45) is 0. The molecule has 0 aromatic rings. The van der Waals surface area contributed by atoms with E-state index in [4.69, 9.17) is 0 Å². The molecule has 0 aromatic carbocycles. The molecule has 0 saturated carbocycles. The minimum atomic E-state index is 0. The van der Waals surface area contributed by atoms with Gasteiger partial charge in [-0.1, -0.05) is 0 Å². The molecule has 16 valence electrons. The van der Waals surface area contributed by atoms with Crippen molar-refractivity contribution >= 4 is 26.2 Å². The van der Waals surface area contributed by atoms with Crippen molar-refractivity contribution < 1.29 is 93.0 Å². The minimum Gasteiger partial charge on any atom is -1.00 e. The molecule has 0 aliphatic heterocycles. The zero-order valence-corrected chi connectivity index (χ0v) is 13.8. The van der Waals surface area contributed by atoms with Crippen molar-refractivity contribution in [2.75, 3.05) is 0 Å². The molecule has 0 unspecified atom stereocenters. The van der Waals surface area contributed by atoms with E-state index in [1.54, 1.807) is 0 Å². The molecule has 0 N–H and O–H groups in total. The number of hydrogen-bond donors (Lipinski definition) is 0. The fraction of sp³-hybridized carbons (Fsp3) is 0. The van der Waals surface area contributed by atoms with E-state index in [1.807, 2.05) is 0 Å². The van der Waals surface area contributed by atoms with E-state index < -0.39 is 0 Å². The Morgan fingerprint density at radius 1 is 1.25 bits per heavy atom. The van der Waals surface area contributed by atoms with Crippen LogP contribution in [0.2, 0.25) is 0 Å². The van der Waals surface area contributed by atoms with Crippen molar-refractivity contribution in [2.24, 2.45) is 0 Å². The molecular formula is H5BiCeLiNa. The second kappa shape index (κ2) is 15.8. The first-order valence-electron chi connectivity index (χ1n) is 0. The summed E-state index contributed by atoms with van der Waals surface area (Å²) in [6, 6.07) is 0. The van der Waals surface area contributed by atoms with E-state index >= 15 is 0 Å². The van der Waals surface area contributed by atoms with Crippen molar-refractivity contribution in [1.82, 2.24) is 0 Å². The predicted molar refractivity (Wildman–Crippen MR) is 12.2 cm³/mol. The first-order valence-corrected chi connectivity index (χ1v) is 0. The molecule has 0 saturated heterocycles. The van der Waals surface area contributed by atoms with Crippen molar-refractivity contribution in [3.8, 4) is 0 Å². The van der Waals surface area contributed by atoms with E-state index in [2.05, 4.69) is 0 Å². The Bertz CT molecular complexity index is 13.5. The molecule has 0 aliphatic rings. The molecule has 0 radical (unpaired) electrons. The van der Waals surface area contributed by atoms with Gasteiger partial charge in [0.15, 0.2) is 0 Å². The Morgan fingerprint density at radius 2 is 1.25 bits per heavy atom. The van der Waals surface area contributed by atoms with Gasteiger partial charge < -0.3 is 2.85 Å². The Morgan fingerprint density at radius 3 is 1.25 bits per heavy atom. The van der Waals surface area contributed by atoms with Gasteiger partial charge in [-0.15, -0.1) is 0 Å². The van der Waals surface area contributed by atoms with Crippen LogP contribution in [0.1, 0.15) is 2.85 Å². The van der Waals surface area contributed by atoms with Gasteiger partial charge in [-0.05, 0) is 0 Å². The Labute approximate surface area is 116 Å². The molecule has 0 amide bonds. The third kappa shape index (κ3) is 9.29. The second-order valence-corrected chi connectivity index (χ2v) is 0. The van der Waals surface area contributed by atoms with Crippen LogP contribution in [0, 0.1) is 41.7 Å². The summed E-state index contributed by atoms with van der Waals surface area (Å²) in [7, 11) is 0. The predicted octanol–water partition coefficient (Wildman–Crippen LogP) is -6.95. The smallest absolute Gasteiger partial charge is 1.00 e. The maximum Gasteiger partial charge on any atom is 1.00 e. The van der Waals surface area contributed by atoms with Gasteiger partial charge in [0.05, 0.1) is 0 Å². The van der Waals surface area contributed by atoms with Crippen molar-refractivity contribution in [3.63, 3.8) is 0 Å². The van der Waals surface area contributed by atoms with Gasteiger partial charge in [-0.2, -0.15) is 0 Å². The zero-order chi connectivity index (χ0) is 0. The zero-order valence-electron chi connectivity index (χ0n) is 5.21. The molecule has 0 nitrogen and oxygen atoms in total. The Kier molecular flexibility index (Phi) is 98.2. The normalized spacial score (nSPS) is 0. The molecule has 4 heavy (non-hydrogen) atoms. The molecule has 0 rings (SSSR count). The molecule has 0 spiro atoms. The van der Waals surface area contributed by atoms with Crippen LogP contribution in [0.15, 0.2) is 0 Å². The standard InChI is InChI=1S/Bi.Ce.Li.Na.5H/q;;2*+1;;;;2*-1. The van der Waals surface area contributed by atoms with Gasteiger partial charge in [0.2, 0.25) is 0 Å². The molecule has 0 heterocycles. The fourth-order valence-electron chi connectivity index (χ4n) is 0. The van der Waals surface area contributed by atoms with Gasteiger partial charge in [0.25, 0.3) is 0 Å². The van der Waals surface area contributed by atoms with Crippen molar-refractivity contribution in [2.45, 2.75) is 0 Å². The van der Waals surface area contributed by atoms with E-state index in [-0.39, 0.29) is 119 Å². The SMILES string of the molecule is [BiH3].[Ce].[H-].[H-].[Li+].[Na+]. The molecule has 0 aromatic heterocycles. The quantitative estimate of drug-likeness (QED) is 0.365. The van der Waals surface area contributed by atoms with Crippen LogP contribution < -0.4 is 48.4 Å². The van der Waals surface area contributed by atoms with Gasteiger partial charge >= 0.3 is 74.6 Å². The maximum absolute atomic E-state index is 0. The number of hydrogen-bond acceptors (Lipinski definition) is 0. The first-order chi connectivity index (χ1) is 0. The summed E-state index contributed by atoms with van der Waals surface area (Å²) in [5.74, 6) is 0. The maximum atomic E-state index is 0. The van der Waals surface area contributed by atoms with Crippen LogP contribution in [-0.4, -0.2) is 26.2 Å². The van der Waals surface area contributed by atoms with Crippen LogP contribution in [0.25, 0.3) is 0 Å². The molecular weight excluding hydrogens is 379 g/mol. The largest absolute Gasteiger partial charge is 1.00 e. The van der Waals surface area contributed by atoms with Crippen LogP contribution in [0.5, 0.6) is 0 Å². The second-order valence-electron chi connectivity index (χ2n) is 0. The summed E-state index contributed by atoms with van der Waals surface area (Å²) >= 11 is 0. The summed E-state index contributed by atoms with van der Waals surface area (Å²) in [5.41, 5.74) is 0. The summed E-state index contributed by atoms with van der Waals surface area (Å²) in [5, 5.41) is 0. The molecule has 0 fully saturated rings. The average Bonchev–Trinajstić information content (AvgIpc) is 0. The summed E-state index contributed by atoms with van der Waals surface area (Å²) < 4.78 is 0. The van der Waals surface area contributed by atoms with Crippen molar-refractivity contribution in [3.05, 3.63) is 0 Å². The van der Waals surface area contributed by atoms with E-state index in [0.29, 0.717) is 0 Å². The monoisotopic (exact) mass is 384 g/mol. The summed E-state index contributed by atoms with van der Waals surface area (Å²) in [4.78, 5) is 0. The fourth-order valence-corrected chi connectivity index (χ4v) is 0. The Hall–Kier alpha value is 3.86. The van der Waals surface area contributed by atoms with Crippen LogP contribution >= 0.6 is 0 Å². The van der Waals surface area contributed by atoms with E-state index in [9.17, 15) is 0 Å². The van der Waals surface area contributed by atoms with E-state index in [0.717, 1.165) is 0 Å². The number of rotatable bonds is 0. The van der Waals surface area contributed by atoms with Crippen LogP contribution in [-0.2, 0) is 0 Å². The molecule has 0 bridgehead atoms.